The van der Waals surface area contributed by atoms with Crippen LogP contribution in [-0.2, 0) is 14.6 Å². The first-order chi connectivity index (χ1) is 9.77. The Hall–Kier alpha value is -1.47. The van der Waals surface area contributed by atoms with Gasteiger partial charge < -0.3 is 11.1 Å². The Bertz CT molecular complexity index is 638. The molecular formula is C14H19FN2O3S. The van der Waals surface area contributed by atoms with E-state index in [-0.39, 0.29) is 28.4 Å². The fourth-order valence-electron chi connectivity index (χ4n) is 2.45. The summed E-state index contributed by atoms with van der Waals surface area (Å²) in [6, 6.07) is 3.50. The number of nitrogens with two attached hydrogens (primary N) is 1. The lowest BCUT2D eigenvalue weighted by molar-refractivity contribution is -0.120. The van der Waals surface area contributed by atoms with Crippen LogP contribution in [0.4, 0.5) is 10.1 Å². The highest BCUT2D eigenvalue weighted by Crippen LogP contribution is 2.26. The second kappa shape index (κ2) is 6.11. The van der Waals surface area contributed by atoms with Crippen molar-refractivity contribution in [2.24, 2.45) is 11.7 Å². The number of sulfone groups is 1. The molecular weight excluding hydrogens is 295 g/mol. The quantitative estimate of drug-likeness (QED) is 0.831. The Balaban J connectivity index is 2.14. The summed E-state index contributed by atoms with van der Waals surface area (Å²) in [4.78, 5) is 12.1. The van der Waals surface area contributed by atoms with Crippen molar-refractivity contribution in [1.29, 1.82) is 0 Å². The molecule has 0 bridgehead atoms. The molecule has 2 rings (SSSR count). The Morgan fingerprint density at radius 1 is 1.29 bits per heavy atom. The molecule has 3 N–H and O–H groups in total. The number of anilines is 1. The largest absolute Gasteiger partial charge is 0.328 e. The van der Waals surface area contributed by atoms with E-state index in [0.717, 1.165) is 31.2 Å². The Labute approximate surface area is 123 Å². The van der Waals surface area contributed by atoms with Crippen molar-refractivity contribution in [3.63, 3.8) is 0 Å². The maximum atomic E-state index is 13.7. The lowest BCUT2D eigenvalue weighted by Crippen LogP contribution is -2.32. The summed E-state index contributed by atoms with van der Waals surface area (Å²) in [5.41, 5.74) is 5.68. The minimum atomic E-state index is -3.44. The third-order valence-electron chi connectivity index (χ3n) is 3.77. The molecule has 1 aliphatic carbocycles. The second-order valence-electron chi connectivity index (χ2n) is 5.51. The predicted molar refractivity (Wildman–Crippen MR) is 78.1 cm³/mol. The molecule has 1 aliphatic rings. The van der Waals surface area contributed by atoms with E-state index >= 15 is 0 Å². The van der Waals surface area contributed by atoms with Crippen LogP contribution in [0.2, 0.25) is 0 Å². The van der Waals surface area contributed by atoms with Crippen LogP contribution in [0.3, 0.4) is 0 Å². The zero-order valence-electron chi connectivity index (χ0n) is 11.8. The van der Waals surface area contributed by atoms with Crippen LogP contribution in [0, 0.1) is 11.7 Å². The minimum Gasteiger partial charge on any atom is -0.328 e. The molecule has 0 radical (unpaired) electrons. The minimum absolute atomic E-state index is 0.0233. The highest BCUT2D eigenvalue weighted by atomic mass is 32.2. The summed E-state index contributed by atoms with van der Waals surface area (Å²) in [5.74, 6) is -1.14. The SMILES string of the molecule is CS(=O)(=O)c1ccc(F)c(NC(=O)C2CCC(N)CC2)c1. The van der Waals surface area contributed by atoms with Gasteiger partial charge in [0.05, 0.1) is 10.6 Å². The van der Waals surface area contributed by atoms with E-state index in [1.54, 1.807) is 0 Å². The monoisotopic (exact) mass is 314 g/mol. The fourth-order valence-corrected chi connectivity index (χ4v) is 3.09. The molecule has 5 nitrogen and oxygen atoms in total. The van der Waals surface area contributed by atoms with Gasteiger partial charge in [0.25, 0.3) is 0 Å². The van der Waals surface area contributed by atoms with Gasteiger partial charge in [-0.25, -0.2) is 12.8 Å². The Morgan fingerprint density at radius 2 is 1.90 bits per heavy atom. The second-order valence-corrected chi connectivity index (χ2v) is 7.53. The smallest absolute Gasteiger partial charge is 0.227 e. The van der Waals surface area contributed by atoms with Gasteiger partial charge in [-0.15, -0.1) is 0 Å². The van der Waals surface area contributed by atoms with E-state index in [0.29, 0.717) is 12.8 Å². The fraction of sp³-hybridized carbons (Fsp3) is 0.500. The highest BCUT2D eigenvalue weighted by Gasteiger charge is 2.25. The van der Waals surface area contributed by atoms with Crippen molar-refractivity contribution in [2.75, 3.05) is 11.6 Å². The van der Waals surface area contributed by atoms with Gasteiger partial charge in [0, 0.05) is 18.2 Å². The van der Waals surface area contributed by atoms with Crippen LogP contribution in [0.5, 0.6) is 0 Å². The first-order valence-corrected chi connectivity index (χ1v) is 8.72. The van der Waals surface area contributed by atoms with Gasteiger partial charge in [-0.1, -0.05) is 0 Å². The van der Waals surface area contributed by atoms with E-state index in [9.17, 15) is 17.6 Å². The molecule has 0 saturated heterocycles. The molecule has 1 fully saturated rings. The standard InChI is InChI=1S/C14H19FN2O3S/c1-21(19,20)11-6-7-12(15)13(8-11)17-14(18)9-2-4-10(16)5-3-9/h6-10H,2-5,16H2,1H3,(H,17,18). The molecule has 7 heteroatoms. The topological polar surface area (TPSA) is 89.3 Å². The first-order valence-electron chi connectivity index (χ1n) is 6.83. The molecule has 116 valence electrons. The van der Waals surface area contributed by atoms with Gasteiger partial charge in [0.15, 0.2) is 9.84 Å². The summed E-state index contributed by atoms with van der Waals surface area (Å²) >= 11 is 0. The zero-order valence-corrected chi connectivity index (χ0v) is 12.6. The average molecular weight is 314 g/mol. The summed E-state index contributed by atoms with van der Waals surface area (Å²) in [7, 11) is -3.44. The normalized spacial score (nSPS) is 22.8. The molecule has 0 aliphatic heterocycles. The first kappa shape index (κ1) is 15.9. The highest BCUT2D eigenvalue weighted by molar-refractivity contribution is 7.90. The molecule has 0 atom stereocenters. The van der Waals surface area contributed by atoms with Crippen LogP contribution in [0.1, 0.15) is 25.7 Å². The van der Waals surface area contributed by atoms with E-state index < -0.39 is 15.7 Å². The molecule has 1 amide bonds. The maximum absolute atomic E-state index is 13.7. The number of halogens is 1. The zero-order chi connectivity index (χ0) is 15.6. The number of amides is 1. The number of hydrogen-bond acceptors (Lipinski definition) is 4. The number of hydrogen-bond donors (Lipinski definition) is 2. The molecule has 0 unspecified atom stereocenters. The number of benzene rings is 1. The lowest BCUT2D eigenvalue weighted by Gasteiger charge is -2.25. The lowest BCUT2D eigenvalue weighted by atomic mass is 9.86. The third-order valence-corrected chi connectivity index (χ3v) is 4.88. The molecule has 0 aromatic heterocycles. The van der Waals surface area contributed by atoms with Crippen LogP contribution in [0.15, 0.2) is 23.1 Å². The third kappa shape index (κ3) is 4.01. The van der Waals surface area contributed by atoms with Crippen LogP contribution >= 0.6 is 0 Å². The molecule has 1 saturated carbocycles. The number of nitrogens with one attached hydrogen (secondary N) is 1. The van der Waals surface area contributed by atoms with Crippen LogP contribution in [-0.4, -0.2) is 26.6 Å². The average Bonchev–Trinajstić information content (AvgIpc) is 2.40. The molecule has 1 aromatic carbocycles. The van der Waals surface area contributed by atoms with Gasteiger partial charge in [0.1, 0.15) is 5.82 Å². The van der Waals surface area contributed by atoms with Gasteiger partial charge >= 0.3 is 0 Å². The van der Waals surface area contributed by atoms with E-state index in [1.807, 2.05) is 0 Å². The van der Waals surface area contributed by atoms with Gasteiger partial charge in [-0.2, -0.15) is 0 Å². The van der Waals surface area contributed by atoms with Gasteiger partial charge in [-0.05, 0) is 43.9 Å². The van der Waals surface area contributed by atoms with Crippen molar-refractivity contribution < 1.29 is 17.6 Å². The molecule has 21 heavy (non-hydrogen) atoms. The van der Waals surface area contributed by atoms with Crippen LogP contribution in [0.25, 0.3) is 0 Å². The van der Waals surface area contributed by atoms with E-state index in [1.165, 1.54) is 6.07 Å². The van der Waals surface area contributed by atoms with Gasteiger partial charge in [-0.3, -0.25) is 4.79 Å². The molecule has 1 aromatic rings. The Morgan fingerprint density at radius 3 is 2.48 bits per heavy atom. The summed E-state index contributed by atoms with van der Waals surface area (Å²) in [6.45, 7) is 0. The summed E-state index contributed by atoms with van der Waals surface area (Å²) in [5, 5.41) is 2.49. The van der Waals surface area contributed by atoms with Crippen molar-refractivity contribution in [2.45, 2.75) is 36.6 Å². The number of carbonyl (C=O) groups is 1. The van der Waals surface area contributed by atoms with Crippen molar-refractivity contribution in [3.8, 4) is 0 Å². The molecule has 0 spiro atoms. The number of carbonyl (C=O) groups excluding carboxylic acids is 1. The summed E-state index contributed by atoms with van der Waals surface area (Å²) in [6.07, 6.45) is 3.91. The van der Waals surface area contributed by atoms with E-state index in [4.69, 9.17) is 5.73 Å². The van der Waals surface area contributed by atoms with Crippen molar-refractivity contribution in [3.05, 3.63) is 24.0 Å². The summed E-state index contributed by atoms with van der Waals surface area (Å²) < 4.78 is 36.7. The maximum Gasteiger partial charge on any atom is 0.227 e. The predicted octanol–water partition coefficient (Wildman–Crippen LogP) is 1.69. The Kier molecular flexibility index (Phi) is 4.63. The van der Waals surface area contributed by atoms with Gasteiger partial charge in [0.2, 0.25) is 5.91 Å². The number of rotatable bonds is 3. The molecule has 0 heterocycles. The van der Waals surface area contributed by atoms with Crippen molar-refractivity contribution >= 4 is 21.4 Å². The van der Waals surface area contributed by atoms with Crippen molar-refractivity contribution in [1.82, 2.24) is 0 Å². The van der Waals surface area contributed by atoms with Crippen LogP contribution < -0.4 is 11.1 Å². The van der Waals surface area contributed by atoms with E-state index in [2.05, 4.69) is 5.32 Å².